The third-order valence-electron chi connectivity index (χ3n) is 2.71. The minimum absolute atomic E-state index is 0.162. The third kappa shape index (κ3) is 2.87. The van der Waals surface area contributed by atoms with E-state index in [2.05, 4.69) is 68.6 Å². The fourth-order valence-electron chi connectivity index (χ4n) is 1.90. The van der Waals surface area contributed by atoms with Crippen LogP contribution in [0.5, 0.6) is 0 Å². The fourth-order valence-corrected chi connectivity index (χ4v) is 2.47. The third-order valence-corrected chi connectivity index (χ3v) is 3.38. The topological polar surface area (TPSA) is 29.9 Å². The van der Waals surface area contributed by atoms with Crippen molar-refractivity contribution in [2.45, 2.75) is 13.0 Å². The average molecular weight is 341 g/mol. The van der Waals surface area contributed by atoms with Crippen LogP contribution in [0.3, 0.4) is 0 Å². The van der Waals surface area contributed by atoms with E-state index in [1.807, 2.05) is 19.4 Å². The van der Waals surface area contributed by atoms with Gasteiger partial charge in [0.1, 0.15) is 5.82 Å². The maximum Gasteiger partial charge on any atom is 0.130 e. The van der Waals surface area contributed by atoms with Gasteiger partial charge < -0.3 is 9.88 Å². The summed E-state index contributed by atoms with van der Waals surface area (Å²) in [6.45, 7) is 3.03. The minimum Gasteiger partial charge on any atom is -0.336 e. The molecule has 90 valence electrons. The maximum atomic E-state index is 4.44. The standard InChI is InChI=1S/C13H16IN3/c1-3-15-12(13-16-7-8-17(13)2)10-5-4-6-11(14)9-10/h4-9,12,15H,3H2,1-2H3. The van der Waals surface area contributed by atoms with E-state index in [0.717, 1.165) is 12.4 Å². The molecule has 3 nitrogen and oxygen atoms in total. The molecule has 0 saturated carbocycles. The summed E-state index contributed by atoms with van der Waals surface area (Å²) >= 11 is 2.34. The molecule has 0 saturated heterocycles. The monoisotopic (exact) mass is 341 g/mol. The first kappa shape index (κ1) is 12.6. The van der Waals surface area contributed by atoms with Gasteiger partial charge in [-0.25, -0.2) is 4.98 Å². The number of hydrogen-bond acceptors (Lipinski definition) is 2. The van der Waals surface area contributed by atoms with Gasteiger partial charge in [-0.3, -0.25) is 0 Å². The molecule has 0 fully saturated rings. The average Bonchev–Trinajstić information content (AvgIpc) is 2.72. The Hall–Kier alpha value is -0.880. The number of benzene rings is 1. The Labute approximate surface area is 115 Å². The quantitative estimate of drug-likeness (QED) is 0.867. The zero-order valence-corrected chi connectivity index (χ0v) is 12.2. The lowest BCUT2D eigenvalue weighted by atomic mass is 10.1. The van der Waals surface area contributed by atoms with Crippen LogP contribution < -0.4 is 5.32 Å². The molecule has 1 heterocycles. The number of rotatable bonds is 4. The number of aryl methyl sites for hydroxylation is 1. The van der Waals surface area contributed by atoms with Crippen molar-refractivity contribution in [3.05, 3.63) is 51.6 Å². The van der Waals surface area contributed by atoms with Gasteiger partial charge in [0.15, 0.2) is 0 Å². The molecule has 0 aliphatic heterocycles. The van der Waals surface area contributed by atoms with E-state index in [9.17, 15) is 0 Å². The second-order valence-corrected chi connectivity index (χ2v) is 5.19. The summed E-state index contributed by atoms with van der Waals surface area (Å²) in [6, 6.07) is 8.69. The summed E-state index contributed by atoms with van der Waals surface area (Å²) in [5.74, 6) is 1.05. The van der Waals surface area contributed by atoms with Gasteiger partial charge in [0.05, 0.1) is 6.04 Å². The normalized spacial score (nSPS) is 12.6. The molecule has 2 aromatic rings. The molecule has 0 radical (unpaired) electrons. The Kier molecular flexibility index (Phi) is 4.17. The molecule has 1 aromatic carbocycles. The van der Waals surface area contributed by atoms with Crippen LogP contribution in [0.15, 0.2) is 36.7 Å². The van der Waals surface area contributed by atoms with Gasteiger partial charge >= 0.3 is 0 Å². The Bertz CT molecular complexity index is 493. The van der Waals surface area contributed by atoms with Gasteiger partial charge in [0.25, 0.3) is 0 Å². The van der Waals surface area contributed by atoms with E-state index in [0.29, 0.717) is 0 Å². The number of nitrogens with one attached hydrogen (secondary N) is 1. The highest BCUT2D eigenvalue weighted by Gasteiger charge is 2.16. The van der Waals surface area contributed by atoms with Gasteiger partial charge in [-0.2, -0.15) is 0 Å². The van der Waals surface area contributed by atoms with Crippen molar-refractivity contribution in [2.75, 3.05) is 6.54 Å². The maximum absolute atomic E-state index is 4.44. The van der Waals surface area contributed by atoms with Crippen LogP contribution >= 0.6 is 22.6 Å². The van der Waals surface area contributed by atoms with Crippen molar-refractivity contribution >= 4 is 22.6 Å². The van der Waals surface area contributed by atoms with Crippen molar-refractivity contribution in [3.63, 3.8) is 0 Å². The molecule has 0 aliphatic carbocycles. The summed E-state index contributed by atoms with van der Waals surface area (Å²) in [7, 11) is 2.03. The van der Waals surface area contributed by atoms with Crippen molar-refractivity contribution in [1.82, 2.24) is 14.9 Å². The van der Waals surface area contributed by atoms with Crippen LogP contribution in [-0.4, -0.2) is 16.1 Å². The summed E-state index contributed by atoms with van der Waals surface area (Å²) in [4.78, 5) is 4.44. The molecule has 1 aromatic heterocycles. The molecule has 1 atom stereocenters. The van der Waals surface area contributed by atoms with Crippen molar-refractivity contribution < 1.29 is 0 Å². The highest BCUT2D eigenvalue weighted by molar-refractivity contribution is 14.1. The molecule has 0 aliphatic rings. The van der Waals surface area contributed by atoms with E-state index < -0.39 is 0 Å². The van der Waals surface area contributed by atoms with Crippen LogP contribution in [0.1, 0.15) is 24.4 Å². The predicted octanol–water partition coefficient (Wildman–Crippen LogP) is 2.72. The van der Waals surface area contributed by atoms with E-state index in [-0.39, 0.29) is 6.04 Å². The van der Waals surface area contributed by atoms with Gasteiger partial charge in [-0.1, -0.05) is 19.1 Å². The number of nitrogens with zero attached hydrogens (tertiary/aromatic N) is 2. The van der Waals surface area contributed by atoms with Crippen LogP contribution in [0.2, 0.25) is 0 Å². The second kappa shape index (κ2) is 5.64. The Balaban J connectivity index is 2.39. The van der Waals surface area contributed by atoms with Gasteiger partial charge in [-0.05, 0) is 46.8 Å². The van der Waals surface area contributed by atoms with Crippen LogP contribution in [0, 0.1) is 3.57 Å². The number of halogens is 1. The van der Waals surface area contributed by atoms with E-state index in [1.165, 1.54) is 9.13 Å². The Morgan fingerprint density at radius 2 is 2.29 bits per heavy atom. The molecule has 2 rings (SSSR count). The fraction of sp³-hybridized carbons (Fsp3) is 0.308. The highest BCUT2D eigenvalue weighted by Crippen LogP contribution is 2.21. The van der Waals surface area contributed by atoms with E-state index in [1.54, 1.807) is 0 Å². The molecule has 0 spiro atoms. The molecule has 1 unspecified atom stereocenters. The Morgan fingerprint density at radius 1 is 1.47 bits per heavy atom. The SMILES string of the molecule is CCNC(c1cccc(I)c1)c1nccn1C. The second-order valence-electron chi connectivity index (χ2n) is 3.94. The lowest BCUT2D eigenvalue weighted by molar-refractivity contribution is 0.577. The Morgan fingerprint density at radius 3 is 2.88 bits per heavy atom. The van der Waals surface area contributed by atoms with Crippen molar-refractivity contribution in [1.29, 1.82) is 0 Å². The first-order valence-electron chi connectivity index (χ1n) is 5.68. The van der Waals surface area contributed by atoms with Crippen LogP contribution in [-0.2, 0) is 7.05 Å². The summed E-state index contributed by atoms with van der Waals surface area (Å²) in [5, 5.41) is 3.48. The largest absolute Gasteiger partial charge is 0.336 e. The van der Waals surface area contributed by atoms with E-state index in [4.69, 9.17) is 0 Å². The van der Waals surface area contributed by atoms with Crippen molar-refractivity contribution in [3.8, 4) is 0 Å². The highest BCUT2D eigenvalue weighted by atomic mass is 127. The lowest BCUT2D eigenvalue weighted by Crippen LogP contribution is -2.24. The van der Waals surface area contributed by atoms with Gasteiger partial charge in [-0.15, -0.1) is 0 Å². The zero-order valence-electron chi connectivity index (χ0n) is 10.0. The van der Waals surface area contributed by atoms with Gasteiger partial charge in [0, 0.05) is 23.0 Å². The molecular weight excluding hydrogens is 325 g/mol. The van der Waals surface area contributed by atoms with Crippen LogP contribution in [0.4, 0.5) is 0 Å². The summed E-state index contributed by atoms with van der Waals surface area (Å²) in [5.41, 5.74) is 1.26. The number of hydrogen-bond donors (Lipinski definition) is 1. The smallest absolute Gasteiger partial charge is 0.130 e. The molecule has 0 bridgehead atoms. The molecule has 4 heteroatoms. The first-order chi connectivity index (χ1) is 8.22. The number of imidazole rings is 1. The first-order valence-corrected chi connectivity index (χ1v) is 6.76. The molecular formula is C13H16IN3. The minimum atomic E-state index is 0.162. The predicted molar refractivity (Wildman–Crippen MR) is 77.9 cm³/mol. The summed E-state index contributed by atoms with van der Waals surface area (Å²) in [6.07, 6.45) is 3.82. The summed E-state index contributed by atoms with van der Waals surface area (Å²) < 4.78 is 3.31. The lowest BCUT2D eigenvalue weighted by Gasteiger charge is -2.18. The van der Waals surface area contributed by atoms with E-state index >= 15 is 0 Å². The molecule has 17 heavy (non-hydrogen) atoms. The molecule has 1 N–H and O–H groups in total. The van der Waals surface area contributed by atoms with Gasteiger partial charge in [0.2, 0.25) is 0 Å². The van der Waals surface area contributed by atoms with Crippen LogP contribution in [0.25, 0.3) is 0 Å². The zero-order chi connectivity index (χ0) is 12.3. The molecule has 0 amide bonds. The van der Waals surface area contributed by atoms with Crippen molar-refractivity contribution in [2.24, 2.45) is 7.05 Å². The number of aromatic nitrogens is 2.